The average Bonchev–Trinajstić information content (AvgIpc) is 2.24. The number of rotatable bonds is 4. The van der Waals surface area contributed by atoms with E-state index >= 15 is 0 Å². The Hall–Kier alpha value is -1.49. The molecule has 1 heterocycles. The minimum atomic E-state index is 0.0994. The number of nitrogens with two attached hydrogens (primary N) is 1. The number of ether oxygens (including phenoxy) is 1. The summed E-state index contributed by atoms with van der Waals surface area (Å²) in [6.07, 6.45) is 5.27. The third-order valence-electron chi connectivity index (χ3n) is 1.77. The van der Waals surface area contributed by atoms with Crippen LogP contribution in [0.4, 0.5) is 5.69 Å². The number of methoxy groups -OCH3 is 1. The summed E-state index contributed by atoms with van der Waals surface area (Å²) < 4.78 is 5.09. The van der Waals surface area contributed by atoms with Crippen molar-refractivity contribution in [1.29, 1.82) is 0 Å². The predicted octanol–water partition coefficient (Wildman–Crippen LogP) is 1.97. The molecule has 0 radical (unpaired) electrons. The van der Waals surface area contributed by atoms with Crippen molar-refractivity contribution in [2.45, 2.75) is 6.92 Å². The molecular weight excluding hydrogens is 224 g/mol. The standard InChI is InChI=1S/C11H14N2O2S/c1-8(14)16-5-3-4-9-6-10(12)7-13-11(9)15-2/h3-4,6-7H,5,12H2,1-2H3. The fraction of sp³-hybridized carbons (Fsp3) is 0.273. The second kappa shape index (κ2) is 6.17. The average molecular weight is 238 g/mol. The number of nitrogen functional groups attached to an aromatic ring is 1. The highest BCUT2D eigenvalue weighted by Crippen LogP contribution is 2.19. The first-order valence-electron chi connectivity index (χ1n) is 4.73. The third-order valence-corrected chi connectivity index (χ3v) is 2.54. The summed E-state index contributed by atoms with van der Waals surface area (Å²) in [7, 11) is 1.56. The van der Waals surface area contributed by atoms with E-state index in [4.69, 9.17) is 10.5 Å². The van der Waals surface area contributed by atoms with Crippen LogP contribution in [0.15, 0.2) is 18.3 Å². The summed E-state index contributed by atoms with van der Waals surface area (Å²) in [5.41, 5.74) is 7.02. The molecule has 0 atom stereocenters. The van der Waals surface area contributed by atoms with Gasteiger partial charge in [-0.2, -0.15) is 0 Å². The van der Waals surface area contributed by atoms with E-state index in [0.29, 0.717) is 17.3 Å². The molecule has 0 bridgehead atoms. The lowest BCUT2D eigenvalue weighted by atomic mass is 10.2. The van der Waals surface area contributed by atoms with Crippen molar-refractivity contribution in [2.75, 3.05) is 18.6 Å². The van der Waals surface area contributed by atoms with E-state index in [1.165, 1.54) is 11.8 Å². The van der Waals surface area contributed by atoms with Crippen LogP contribution in [0.3, 0.4) is 0 Å². The Balaban J connectivity index is 2.71. The number of hydrogen-bond acceptors (Lipinski definition) is 5. The first-order valence-corrected chi connectivity index (χ1v) is 5.71. The second-order valence-electron chi connectivity index (χ2n) is 3.07. The van der Waals surface area contributed by atoms with E-state index in [9.17, 15) is 4.79 Å². The maximum absolute atomic E-state index is 10.7. The quantitative estimate of drug-likeness (QED) is 0.868. The number of pyridine rings is 1. The molecule has 0 aliphatic heterocycles. The summed E-state index contributed by atoms with van der Waals surface area (Å²) >= 11 is 1.25. The number of aromatic nitrogens is 1. The van der Waals surface area contributed by atoms with Gasteiger partial charge >= 0.3 is 0 Å². The zero-order valence-corrected chi connectivity index (χ0v) is 10.1. The van der Waals surface area contributed by atoms with Crippen molar-refractivity contribution in [3.8, 4) is 5.88 Å². The Kier molecular flexibility index (Phi) is 4.85. The van der Waals surface area contributed by atoms with Crippen LogP contribution in [-0.4, -0.2) is 23.0 Å². The fourth-order valence-electron chi connectivity index (χ4n) is 1.12. The second-order valence-corrected chi connectivity index (χ2v) is 4.27. The first kappa shape index (κ1) is 12.6. The van der Waals surface area contributed by atoms with Crippen LogP contribution >= 0.6 is 11.8 Å². The Bertz CT molecular complexity index is 405. The molecule has 2 N–H and O–H groups in total. The fourth-order valence-corrected chi connectivity index (χ4v) is 1.54. The molecule has 0 fully saturated rings. The first-order chi connectivity index (χ1) is 7.63. The van der Waals surface area contributed by atoms with Crippen molar-refractivity contribution >= 4 is 28.6 Å². The summed E-state index contributed by atoms with van der Waals surface area (Å²) in [6.45, 7) is 1.54. The lowest BCUT2D eigenvalue weighted by Crippen LogP contribution is -1.94. The largest absolute Gasteiger partial charge is 0.481 e. The molecule has 0 unspecified atom stereocenters. The zero-order valence-electron chi connectivity index (χ0n) is 9.27. The van der Waals surface area contributed by atoms with E-state index in [1.54, 1.807) is 26.3 Å². The Morgan fingerprint density at radius 3 is 3.06 bits per heavy atom. The van der Waals surface area contributed by atoms with Gasteiger partial charge in [0.05, 0.1) is 19.0 Å². The normalized spacial score (nSPS) is 10.6. The number of thioether (sulfide) groups is 1. The highest BCUT2D eigenvalue weighted by atomic mass is 32.2. The van der Waals surface area contributed by atoms with Gasteiger partial charge in [-0.15, -0.1) is 0 Å². The number of carbonyl (C=O) groups is 1. The van der Waals surface area contributed by atoms with Crippen molar-refractivity contribution in [1.82, 2.24) is 4.98 Å². The maximum Gasteiger partial charge on any atom is 0.220 e. The Labute approximate surface area is 98.9 Å². The van der Waals surface area contributed by atoms with Crippen LogP contribution in [0.5, 0.6) is 5.88 Å². The van der Waals surface area contributed by atoms with Gasteiger partial charge in [0.2, 0.25) is 5.88 Å². The molecule has 0 spiro atoms. The van der Waals surface area contributed by atoms with Crippen molar-refractivity contribution in [2.24, 2.45) is 0 Å². The molecule has 0 aliphatic rings. The minimum Gasteiger partial charge on any atom is -0.481 e. The van der Waals surface area contributed by atoms with Crippen LogP contribution < -0.4 is 10.5 Å². The molecule has 4 nitrogen and oxygen atoms in total. The molecule has 0 aromatic carbocycles. The van der Waals surface area contributed by atoms with Gasteiger partial charge in [-0.3, -0.25) is 4.79 Å². The highest BCUT2D eigenvalue weighted by molar-refractivity contribution is 8.13. The van der Waals surface area contributed by atoms with Gasteiger partial charge < -0.3 is 10.5 Å². The number of nitrogens with zero attached hydrogens (tertiary/aromatic N) is 1. The van der Waals surface area contributed by atoms with E-state index in [2.05, 4.69) is 4.98 Å². The van der Waals surface area contributed by atoms with Gasteiger partial charge in [0.25, 0.3) is 0 Å². The Morgan fingerprint density at radius 1 is 1.69 bits per heavy atom. The van der Waals surface area contributed by atoms with Crippen LogP contribution in [-0.2, 0) is 4.79 Å². The smallest absolute Gasteiger partial charge is 0.220 e. The summed E-state index contributed by atoms with van der Waals surface area (Å²) in [4.78, 5) is 14.7. The summed E-state index contributed by atoms with van der Waals surface area (Å²) in [5, 5.41) is 0.0994. The third kappa shape index (κ3) is 3.94. The highest BCUT2D eigenvalue weighted by Gasteiger charge is 2.01. The van der Waals surface area contributed by atoms with Crippen LogP contribution in [0, 0.1) is 0 Å². The van der Waals surface area contributed by atoms with Gasteiger partial charge in [-0.05, 0) is 6.07 Å². The van der Waals surface area contributed by atoms with Gasteiger partial charge in [-0.1, -0.05) is 23.9 Å². The van der Waals surface area contributed by atoms with E-state index in [0.717, 1.165) is 5.56 Å². The molecule has 1 aromatic heterocycles. The molecule has 86 valence electrons. The predicted molar refractivity (Wildman–Crippen MR) is 67.4 cm³/mol. The van der Waals surface area contributed by atoms with E-state index in [1.807, 2.05) is 12.2 Å². The van der Waals surface area contributed by atoms with Gasteiger partial charge in [-0.25, -0.2) is 4.98 Å². The summed E-state index contributed by atoms with van der Waals surface area (Å²) in [5.74, 6) is 1.16. The molecule has 1 aromatic rings. The number of hydrogen-bond donors (Lipinski definition) is 1. The monoisotopic (exact) mass is 238 g/mol. The molecule has 0 aliphatic carbocycles. The zero-order chi connectivity index (χ0) is 12.0. The minimum absolute atomic E-state index is 0.0994. The van der Waals surface area contributed by atoms with Crippen molar-refractivity contribution in [3.05, 3.63) is 23.9 Å². The number of anilines is 1. The SMILES string of the molecule is COc1ncc(N)cc1C=CCSC(C)=O. The molecule has 5 heteroatoms. The maximum atomic E-state index is 10.7. The number of carbonyl (C=O) groups excluding carboxylic acids is 1. The molecule has 0 amide bonds. The van der Waals surface area contributed by atoms with Crippen molar-refractivity contribution in [3.63, 3.8) is 0 Å². The molecule has 1 rings (SSSR count). The lowest BCUT2D eigenvalue weighted by Gasteiger charge is -2.03. The lowest BCUT2D eigenvalue weighted by molar-refractivity contribution is -0.109. The van der Waals surface area contributed by atoms with Crippen LogP contribution in [0.25, 0.3) is 6.08 Å². The van der Waals surface area contributed by atoms with Gasteiger partial charge in [0, 0.05) is 18.2 Å². The van der Waals surface area contributed by atoms with Crippen LogP contribution in [0.1, 0.15) is 12.5 Å². The molecule has 0 saturated heterocycles. The molecule has 16 heavy (non-hydrogen) atoms. The molecule has 0 saturated carbocycles. The van der Waals surface area contributed by atoms with E-state index < -0.39 is 0 Å². The van der Waals surface area contributed by atoms with E-state index in [-0.39, 0.29) is 5.12 Å². The van der Waals surface area contributed by atoms with Crippen LogP contribution in [0.2, 0.25) is 0 Å². The molecular formula is C11H14N2O2S. The van der Waals surface area contributed by atoms with Gasteiger partial charge in [0.15, 0.2) is 5.12 Å². The topological polar surface area (TPSA) is 65.2 Å². The van der Waals surface area contributed by atoms with Crippen molar-refractivity contribution < 1.29 is 9.53 Å². The Morgan fingerprint density at radius 2 is 2.44 bits per heavy atom. The van der Waals surface area contributed by atoms with Gasteiger partial charge in [0.1, 0.15) is 0 Å². The summed E-state index contributed by atoms with van der Waals surface area (Å²) in [6, 6.07) is 1.78.